The van der Waals surface area contributed by atoms with Crippen molar-refractivity contribution in [3.05, 3.63) is 70.8 Å². The van der Waals surface area contributed by atoms with Gasteiger partial charge in [-0.15, -0.1) is 0 Å². The Balaban J connectivity index is 1.96. The number of ketones is 2. The van der Waals surface area contributed by atoms with E-state index in [0.29, 0.717) is 16.7 Å². The minimum atomic E-state index is -2.14. The Morgan fingerprint density at radius 3 is 2.33 bits per heavy atom. The largest absolute Gasteiger partial charge is 0.380 e. The lowest BCUT2D eigenvalue weighted by atomic mass is 9.81. The molecule has 5 nitrogen and oxygen atoms in total. The van der Waals surface area contributed by atoms with E-state index in [9.17, 15) is 19.8 Å². The van der Waals surface area contributed by atoms with Gasteiger partial charge in [-0.05, 0) is 30.5 Å². The van der Waals surface area contributed by atoms with E-state index in [1.54, 1.807) is 62.4 Å². The smallest absolute Gasteiger partial charge is 0.197 e. The number of hydrogen-bond acceptors (Lipinski definition) is 5. The van der Waals surface area contributed by atoms with Crippen molar-refractivity contribution in [3.63, 3.8) is 0 Å². The average molecular weight is 389 g/mol. The quantitative estimate of drug-likeness (QED) is 0.607. The Labute approximate surface area is 162 Å². The molecule has 0 spiro atoms. The molecule has 1 aliphatic rings. The van der Waals surface area contributed by atoms with Gasteiger partial charge in [0, 0.05) is 12.0 Å². The van der Waals surface area contributed by atoms with E-state index in [1.807, 2.05) is 0 Å². The molecule has 0 saturated carbocycles. The number of ether oxygens (including phenoxy) is 1. The number of Topliss-reactive ketones (excluding diaryl/α,β-unsaturated/α-hetero) is 2. The number of benzene rings is 2. The lowest BCUT2D eigenvalue weighted by Gasteiger charge is -2.28. The van der Waals surface area contributed by atoms with E-state index in [2.05, 4.69) is 0 Å². The lowest BCUT2D eigenvalue weighted by Crippen LogP contribution is -2.51. The molecular formula is C21H21ClO5. The first kappa shape index (κ1) is 19.7. The second-order valence-corrected chi connectivity index (χ2v) is 7.35. The molecule has 6 heteroatoms. The van der Waals surface area contributed by atoms with Crippen LogP contribution in [0, 0.1) is 13.8 Å². The summed E-state index contributed by atoms with van der Waals surface area (Å²) in [6.45, 7) is 3.50. The monoisotopic (exact) mass is 388 g/mol. The number of carbonyl (C=O) groups excluding carboxylic acids is 2. The van der Waals surface area contributed by atoms with Gasteiger partial charge in [0.25, 0.3) is 0 Å². The van der Waals surface area contributed by atoms with Crippen molar-refractivity contribution in [2.45, 2.75) is 43.6 Å². The van der Waals surface area contributed by atoms with Crippen molar-refractivity contribution < 1.29 is 24.5 Å². The molecule has 0 radical (unpaired) electrons. The third-order valence-corrected chi connectivity index (χ3v) is 5.24. The number of halogens is 1. The molecule has 2 N–H and O–H groups in total. The van der Waals surface area contributed by atoms with Crippen molar-refractivity contribution in [3.8, 4) is 0 Å². The Bertz CT molecular complexity index is 880. The summed E-state index contributed by atoms with van der Waals surface area (Å²) in [6, 6.07) is 13.6. The third-order valence-electron chi connectivity index (χ3n) is 4.98. The Morgan fingerprint density at radius 1 is 1.11 bits per heavy atom. The summed E-state index contributed by atoms with van der Waals surface area (Å²) in [5.41, 5.74) is -1.08. The average Bonchev–Trinajstić information content (AvgIpc) is 2.96. The van der Waals surface area contributed by atoms with Crippen LogP contribution < -0.4 is 0 Å². The lowest BCUT2D eigenvalue weighted by molar-refractivity contribution is -0.144. The number of aliphatic hydroxyl groups is 2. The van der Waals surface area contributed by atoms with E-state index in [4.69, 9.17) is 16.3 Å². The first-order valence-electron chi connectivity index (χ1n) is 8.65. The Hall–Kier alpha value is -2.05. The first-order valence-corrected chi connectivity index (χ1v) is 9.09. The van der Waals surface area contributed by atoms with Crippen molar-refractivity contribution in [1.29, 1.82) is 0 Å². The minimum Gasteiger partial charge on any atom is -0.380 e. The minimum absolute atomic E-state index is 0.237. The molecule has 0 aliphatic carbocycles. The van der Waals surface area contributed by atoms with Gasteiger partial charge in [0.2, 0.25) is 0 Å². The predicted octanol–water partition coefficient (Wildman–Crippen LogP) is 2.87. The molecular weight excluding hydrogens is 368 g/mol. The van der Waals surface area contributed by atoms with Crippen LogP contribution >= 0.6 is 11.6 Å². The predicted molar refractivity (Wildman–Crippen MR) is 101 cm³/mol. The first-order chi connectivity index (χ1) is 12.8. The van der Waals surface area contributed by atoms with Crippen molar-refractivity contribution >= 4 is 23.2 Å². The topological polar surface area (TPSA) is 83.8 Å². The van der Waals surface area contributed by atoms with Gasteiger partial charge < -0.3 is 14.9 Å². The van der Waals surface area contributed by atoms with Crippen LogP contribution in [0.15, 0.2) is 48.5 Å². The van der Waals surface area contributed by atoms with Crippen LogP contribution in [0.1, 0.15) is 39.6 Å². The molecule has 2 aromatic carbocycles. The summed E-state index contributed by atoms with van der Waals surface area (Å²) in [5, 5.41) is 21.7. The highest BCUT2D eigenvalue weighted by Gasteiger charge is 2.57. The molecule has 1 heterocycles. The van der Waals surface area contributed by atoms with Crippen molar-refractivity contribution in [2.75, 3.05) is 0 Å². The van der Waals surface area contributed by atoms with Crippen LogP contribution in [-0.4, -0.2) is 39.0 Å². The molecule has 2 unspecified atom stereocenters. The van der Waals surface area contributed by atoms with Crippen LogP contribution in [0.2, 0.25) is 0 Å². The molecule has 2 aromatic rings. The summed E-state index contributed by atoms with van der Waals surface area (Å²) in [4.78, 5) is 26.0. The van der Waals surface area contributed by atoms with Gasteiger partial charge in [0.1, 0.15) is 11.7 Å². The number of rotatable bonds is 5. The van der Waals surface area contributed by atoms with Crippen molar-refractivity contribution in [1.82, 2.24) is 0 Å². The Morgan fingerprint density at radius 2 is 1.70 bits per heavy atom. The van der Waals surface area contributed by atoms with E-state index in [-0.39, 0.29) is 12.0 Å². The number of carbonyl (C=O) groups is 2. The molecule has 27 heavy (non-hydrogen) atoms. The maximum Gasteiger partial charge on any atom is 0.197 e. The molecule has 142 valence electrons. The fourth-order valence-corrected chi connectivity index (χ4v) is 3.76. The number of hydrogen-bond donors (Lipinski definition) is 2. The molecule has 0 amide bonds. The zero-order valence-electron chi connectivity index (χ0n) is 15.1. The third kappa shape index (κ3) is 3.56. The normalized spacial score (nSPS) is 26.0. The van der Waals surface area contributed by atoms with Crippen LogP contribution in [0.3, 0.4) is 0 Å². The SMILES string of the molecule is Cc1ccccc1C(=O)[C@@]1(O)CC(Cl)O[C@@H]1C(=O)C(O)c1ccccc1C. The highest BCUT2D eigenvalue weighted by Crippen LogP contribution is 2.38. The maximum atomic E-state index is 13.1. The summed E-state index contributed by atoms with van der Waals surface area (Å²) < 4.78 is 5.39. The second kappa shape index (κ2) is 7.52. The van der Waals surface area contributed by atoms with E-state index in [1.165, 1.54) is 0 Å². The van der Waals surface area contributed by atoms with Crippen LogP contribution in [0.5, 0.6) is 0 Å². The number of alkyl halides is 1. The number of aliphatic hydroxyl groups excluding tert-OH is 1. The van der Waals surface area contributed by atoms with Gasteiger partial charge in [0.15, 0.2) is 23.3 Å². The van der Waals surface area contributed by atoms with Gasteiger partial charge in [-0.2, -0.15) is 0 Å². The van der Waals surface area contributed by atoms with E-state index in [0.717, 1.165) is 0 Å². The van der Waals surface area contributed by atoms with Gasteiger partial charge in [0.05, 0.1) is 0 Å². The maximum absolute atomic E-state index is 13.1. The Kier molecular flexibility index (Phi) is 5.49. The summed E-state index contributed by atoms with van der Waals surface area (Å²) in [5.74, 6) is -1.43. The van der Waals surface area contributed by atoms with Gasteiger partial charge in [-0.25, -0.2) is 0 Å². The zero-order valence-corrected chi connectivity index (χ0v) is 15.8. The highest BCUT2D eigenvalue weighted by atomic mass is 35.5. The molecule has 3 rings (SSSR count). The molecule has 1 saturated heterocycles. The summed E-state index contributed by atoms with van der Waals surface area (Å²) in [7, 11) is 0. The summed E-state index contributed by atoms with van der Waals surface area (Å²) in [6.07, 6.45) is -3.32. The van der Waals surface area contributed by atoms with Crippen LogP contribution in [-0.2, 0) is 9.53 Å². The molecule has 1 aliphatic heterocycles. The van der Waals surface area contributed by atoms with Gasteiger partial charge in [-0.1, -0.05) is 60.1 Å². The van der Waals surface area contributed by atoms with E-state index < -0.39 is 34.9 Å². The fourth-order valence-electron chi connectivity index (χ4n) is 3.43. The van der Waals surface area contributed by atoms with Gasteiger partial charge >= 0.3 is 0 Å². The van der Waals surface area contributed by atoms with Crippen LogP contribution in [0.25, 0.3) is 0 Å². The zero-order chi connectivity index (χ0) is 19.8. The van der Waals surface area contributed by atoms with E-state index >= 15 is 0 Å². The molecule has 0 bridgehead atoms. The van der Waals surface area contributed by atoms with Crippen LogP contribution in [0.4, 0.5) is 0 Å². The van der Waals surface area contributed by atoms with Gasteiger partial charge in [-0.3, -0.25) is 9.59 Å². The molecule has 4 atom stereocenters. The van der Waals surface area contributed by atoms with Crippen molar-refractivity contribution in [2.24, 2.45) is 0 Å². The molecule has 0 aromatic heterocycles. The highest BCUT2D eigenvalue weighted by molar-refractivity contribution is 6.21. The standard InChI is InChI=1S/C21H21ClO5/c1-12-7-3-5-9-14(12)17(23)18(24)20-21(26,11-16(22)27-20)19(25)15-10-6-4-8-13(15)2/h3-10,16-17,20,23,26H,11H2,1-2H3/t16?,17?,20-,21+/m1/s1. The summed E-state index contributed by atoms with van der Waals surface area (Å²) >= 11 is 6.02. The fraction of sp³-hybridized carbons (Fsp3) is 0.333. The number of aryl methyl sites for hydroxylation is 2. The molecule has 1 fully saturated rings. The second-order valence-electron chi connectivity index (χ2n) is 6.86.